The van der Waals surface area contributed by atoms with Crippen molar-refractivity contribution in [2.45, 2.75) is 36.7 Å². The highest BCUT2D eigenvalue weighted by Gasteiger charge is 2.43. The predicted octanol–water partition coefficient (Wildman–Crippen LogP) is 2.91. The fourth-order valence-corrected chi connectivity index (χ4v) is 3.38. The lowest BCUT2D eigenvalue weighted by Gasteiger charge is -2.11. The summed E-state index contributed by atoms with van der Waals surface area (Å²) in [6.07, 6.45) is 3.75. The molecule has 0 N–H and O–H groups in total. The zero-order valence-electron chi connectivity index (χ0n) is 5.89. The standard InChI is InChI=1S/C8H12BrF/c9-7-3-1-6-5(7)2-4-8(6)10/h5-8H,1-4H2/t5-,6-,7+,8+/m0/s1. The summed E-state index contributed by atoms with van der Waals surface area (Å²) in [6, 6.07) is 0. The Hall–Kier alpha value is 0.410. The lowest BCUT2D eigenvalue weighted by molar-refractivity contribution is 0.249. The van der Waals surface area contributed by atoms with E-state index in [-0.39, 0.29) is 0 Å². The van der Waals surface area contributed by atoms with Gasteiger partial charge in [0.25, 0.3) is 0 Å². The first-order valence-corrected chi connectivity index (χ1v) is 4.99. The average molecular weight is 207 g/mol. The van der Waals surface area contributed by atoms with Crippen LogP contribution in [0, 0.1) is 11.8 Å². The van der Waals surface area contributed by atoms with Crippen molar-refractivity contribution in [3.63, 3.8) is 0 Å². The molecule has 2 rings (SSSR count). The molecule has 2 fully saturated rings. The second kappa shape index (κ2) is 2.47. The Bertz CT molecular complexity index is 121. The van der Waals surface area contributed by atoms with Crippen LogP contribution in [0.4, 0.5) is 4.39 Å². The van der Waals surface area contributed by atoms with E-state index in [9.17, 15) is 4.39 Å². The monoisotopic (exact) mass is 206 g/mol. The summed E-state index contributed by atoms with van der Waals surface area (Å²) < 4.78 is 13.0. The van der Waals surface area contributed by atoms with Crippen LogP contribution in [-0.4, -0.2) is 11.0 Å². The third-order valence-corrected chi connectivity index (χ3v) is 4.17. The molecule has 0 unspecified atom stereocenters. The molecular weight excluding hydrogens is 195 g/mol. The van der Waals surface area contributed by atoms with Gasteiger partial charge in [-0.15, -0.1) is 0 Å². The number of rotatable bonds is 0. The van der Waals surface area contributed by atoms with E-state index in [1.165, 1.54) is 6.42 Å². The first-order chi connectivity index (χ1) is 4.79. The van der Waals surface area contributed by atoms with Crippen molar-refractivity contribution in [2.75, 3.05) is 0 Å². The second-order valence-electron chi connectivity index (χ2n) is 3.51. The molecular formula is C8H12BrF. The topological polar surface area (TPSA) is 0 Å². The van der Waals surface area contributed by atoms with E-state index >= 15 is 0 Å². The Balaban J connectivity index is 2.09. The van der Waals surface area contributed by atoms with Crippen LogP contribution in [0.1, 0.15) is 25.7 Å². The molecule has 58 valence electrons. The molecule has 2 saturated carbocycles. The van der Waals surface area contributed by atoms with Crippen LogP contribution in [0.15, 0.2) is 0 Å². The van der Waals surface area contributed by atoms with Crippen LogP contribution in [-0.2, 0) is 0 Å². The molecule has 0 saturated heterocycles. The number of hydrogen-bond acceptors (Lipinski definition) is 0. The number of alkyl halides is 2. The fourth-order valence-electron chi connectivity index (χ4n) is 2.46. The van der Waals surface area contributed by atoms with Gasteiger partial charge in [-0.3, -0.25) is 0 Å². The normalized spacial score (nSPS) is 53.4. The van der Waals surface area contributed by atoms with E-state index in [2.05, 4.69) is 15.9 Å². The minimum Gasteiger partial charge on any atom is -0.247 e. The fraction of sp³-hybridized carbons (Fsp3) is 1.00. The smallest absolute Gasteiger partial charge is 0.103 e. The summed E-state index contributed by atoms with van der Waals surface area (Å²) in [5.74, 6) is 1.07. The summed E-state index contributed by atoms with van der Waals surface area (Å²) in [4.78, 5) is 0.623. The molecule has 0 nitrogen and oxygen atoms in total. The molecule has 0 aromatic heterocycles. The molecule has 2 aliphatic carbocycles. The molecule has 0 aromatic rings. The predicted molar refractivity (Wildman–Crippen MR) is 43.1 cm³/mol. The largest absolute Gasteiger partial charge is 0.247 e. The van der Waals surface area contributed by atoms with Gasteiger partial charge in [-0.25, -0.2) is 4.39 Å². The Morgan fingerprint density at radius 3 is 2.40 bits per heavy atom. The van der Waals surface area contributed by atoms with Crippen molar-refractivity contribution in [1.82, 2.24) is 0 Å². The maximum absolute atomic E-state index is 13.0. The lowest BCUT2D eigenvalue weighted by Crippen LogP contribution is -2.12. The van der Waals surface area contributed by atoms with Gasteiger partial charge in [-0.05, 0) is 37.5 Å². The van der Waals surface area contributed by atoms with Crippen LogP contribution in [0.2, 0.25) is 0 Å². The van der Waals surface area contributed by atoms with Crippen molar-refractivity contribution in [2.24, 2.45) is 11.8 Å². The molecule has 0 aliphatic heterocycles. The first-order valence-electron chi connectivity index (χ1n) is 4.07. The summed E-state index contributed by atoms with van der Waals surface area (Å²) in [5.41, 5.74) is 0. The average Bonchev–Trinajstić information content (AvgIpc) is 2.41. The van der Waals surface area contributed by atoms with E-state index < -0.39 is 6.17 Å². The summed E-state index contributed by atoms with van der Waals surface area (Å²) in [6.45, 7) is 0. The molecule has 0 radical (unpaired) electrons. The highest BCUT2D eigenvalue weighted by molar-refractivity contribution is 9.09. The number of hydrogen-bond donors (Lipinski definition) is 0. The minimum atomic E-state index is -0.479. The Morgan fingerprint density at radius 2 is 1.70 bits per heavy atom. The van der Waals surface area contributed by atoms with Gasteiger partial charge >= 0.3 is 0 Å². The van der Waals surface area contributed by atoms with Crippen LogP contribution in [0.3, 0.4) is 0 Å². The highest BCUT2D eigenvalue weighted by Crippen LogP contribution is 2.48. The van der Waals surface area contributed by atoms with E-state index in [0.717, 1.165) is 19.3 Å². The van der Waals surface area contributed by atoms with Crippen molar-refractivity contribution in [3.05, 3.63) is 0 Å². The van der Waals surface area contributed by atoms with Gasteiger partial charge in [-0.2, -0.15) is 0 Å². The first kappa shape index (κ1) is 7.08. The van der Waals surface area contributed by atoms with Crippen molar-refractivity contribution < 1.29 is 4.39 Å². The minimum absolute atomic E-state index is 0.407. The van der Waals surface area contributed by atoms with Gasteiger partial charge in [0.2, 0.25) is 0 Å². The van der Waals surface area contributed by atoms with E-state index in [1.54, 1.807) is 0 Å². The number of halogens is 2. The molecule has 0 heterocycles. The van der Waals surface area contributed by atoms with Gasteiger partial charge in [0.1, 0.15) is 6.17 Å². The zero-order valence-corrected chi connectivity index (χ0v) is 7.48. The van der Waals surface area contributed by atoms with Gasteiger partial charge in [0, 0.05) is 4.83 Å². The third kappa shape index (κ3) is 0.919. The second-order valence-corrected chi connectivity index (χ2v) is 4.69. The van der Waals surface area contributed by atoms with Crippen molar-refractivity contribution in [1.29, 1.82) is 0 Å². The van der Waals surface area contributed by atoms with E-state index in [1.807, 2.05) is 0 Å². The molecule has 0 amide bonds. The number of fused-ring (bicyclic) bond motifs is 1. The molecule has 2 heteroatoms. The van der Waals surface area contributed by atoms with E-state index in [4.69, 9.17) is 0 Å². The van der Waals surface area contributed by atoms with Crippen molar-refractivity contribution >= 4 is 15.9 Å². The van der Waals surface area contributed by atoms with Crippen LogP contribution >= 0.6 is 15.9 Å². The maximum Gasteiger partial charge on any atom is 0.103 e. The van der Waals surface area contributed by atoms with Crippen LogP contribution in [0.25, 0.3) is 0 Å². The maximum atomic E-state index is 13.0. The van der Waals surface area contributed by atoms with Crippen LogP contribution in [0.5, 0.6) is 0 Å². The molecule has 0 aromatic carbocycles. The summed E-state index contributed by atoms with van der Waals surface area (Å²) in [5, 5.41) is 0. The Labute approximate surface area is 69.3 Å². The quantitative estimate of drug-likeness (QED) is 0.535. The molecule has 2 aliphatic rings. The lowest BCUT2D eigenvalue weighted by atomic mass is 10.0. The van der Waals surface area contributed by atoms with Gasteiger partial charge < -0.3 is 0 Å². The summed E-state index contributed by atoms with van der Waals surface area (Å²) in [7, 11) is 0. The Kier molecular flexibility index (Phi) is 1.75. The third-order valence-electron chi connectivity index (χ3n) is 3.03. The molecule has 0 bridgehead atoms. The van der Waals surface area contributed by atoms with Gasteiger partial charge in [-0.1, -0.05) is 15.9 Å². The SMILES string of the molecule is F[C@@H]1CC[C@H]2[C@@H]1CC[C@H]2Br. The zero-order chi connectivity index (χ0) is 7.14. The summed E-state index contributed by atoms with van der Waals surface area (Å²) >= 11 is 3.61. The Morgan fingerprint density at radius 1 is 1.00 bits per heavy atom. The van der Waals surface area contributed by atoms with Gasteiger partial charge in [0.15, 0.2) is 0 Å². The van der Waals surface area contributed by atoms with Crippen LogP contribution < -0.4 is 0 Å². The highest BCUT2D eigenvalue weighted by atomic mass is 79.9. The van der Waals surface area contributed by atoms with Gasteiger partial charge in [0.05, 0.1) is 0 Å². The molecule has 0 spiro atoms. The molecule has 10 heavy (non-hydrogen) atoms. The van der Waals surface area contributed by atoms with Crippen molar-refractivity contribution in [3.8, 4) is 0 Å². The molecule has 4 atom stereocenters. The van der Waals surface area contributed by atoms with E-state index in [0.29, 0.717) is 16.7 Å².